The van der Waals surface area contributed by atoms with Crippen molar-refractivity contribution in [2.45, 2.75) is 5.62 Å². The lowest BCUT2D eigenvalue weighted by molar-refractivity contribution is 0.832. The first-order valence-electron chi connectivity index (χ1n) is 14.3. The Morgan fingerprint density at radius 3 is 1.09 bits per heavy atom. The van der Waals surface area contributed by atoms with Crippen LogP contribution in [0.4, 0.5) is 0 Å². The zero-order valence-corrected chi connectivity index (χ0v) is 24.1. The molecule has 1 atom stereocenters. The molecular formula is C39H28ClN3. The third-order valence-electron chi connectivity index (χ3n) is 7.54. The highest BCUT2D eigenvalue weighted by Gasteiger charge is 2.20. The first-order chi connectivity index (χ1) is 21.2. The lowest BCUT2D eigenvalue weighted by Crippen LogP contribution is -2.35. The Balaban J connectivity index is 1.36. The Kier molecular flexibility index (Phi) is 7.39. The van der Waals surface area contributed by atoms with Gasteiger partial charge in [0.25, 0.3) is 0 Å². The van der Waals surface area contributed by atoms with Gasteiger partial charge in [-0.1, -0.05) is 133 Å². The monoisotopic (exact) mass is 573 g/mol. The van der Waals surface area contributed by atoms with E-state index >= 15 is 0 Å². The summed E-state index contributed by atoms with van der Waals surface area (Å²) in [4.78, 5) is 9.83. The Bertz CT molecular complexity index is 1820. The van der Waals surface area contributed by atoms with E-state index in [0.717, 1.165) is 55.6 Å². The van der Waals surface area contributed by atoms with Crippen LogP contribution >= 0.6 is 11.6 Å². The maximum Gasteiger partial charge on any atom is 0.198 e. The molecule has 0 fully saturated rings. The van der Waals surface area contributed by atoms with E-state index in [4.69, 9.17) is 21.6 Å². The fourth-order valence-electron chi connectivity index (χ4n) is 5.42. The van der Waals surface area contributed by atoms with Crippen molar-refractivity contribution in [2.75, 3.05) is 0 Å². The summed E-state index contributed by atoms with van der Waals surface area (Å²) in [6.07, 6.45) is 0. The quantitative estimate of drug-likeness (QED) is 0.156. The average Bonchev–Trinajstić information content (AvgIpc) is 3.09. The van der Waals surface area contributed by atoms with Crippen molar-refractivity contribution in [3.05, 3.63) is 169 Å². The minimum absolute atomic E-state index is 0.593. The minimum Gasteiger partial charge on any atom is -0.335 e. The van der Waals surface area contributed by atoms with Crippen LogP contribution in [0.3, 0.4) is 0 Å². The molecule has 1 heterocycles. The molecule has 1 aliphatic heterocycles. The number of hydrogen-bond acceptors (Lipinski definition) is 3. The van der Waals surface area contributed by atoms with E-state index in [9.17, 15) is 0 Å². The summed E-state index contributed by atoms with van der Waals surface area (Å²) in [7, 11) is 0. The molecule has 206 valence electrons. The first kappa shape index (κ1) is 26.6. The third-order valence-corrected chi connectivity index (χ3v) is 7.74. The zero-order valence-electron chi connectivity index (χ0n) is 23.4. The summed E-state index contributed by atoms with van der Waals surface area (Å²) >= 11 is 6.75. The lowest BCUT2D eigenvalue weighted by Gasteiger charge is -2.21. The van der Waals surface area contributed by atoms with Gasteiger partial charge < -0.3 is 5.32 Å². The molecule has 0 saturated carbocycles. The summed E-state index contributed by atoms with van der Waals surface area (Å²) in [6, 6.07) is 54.6. The van der Waals surface area contributed by atoms with Crippen molar-refractivity contribution < 1.29 is 0 Å². The van der Waals surface area contributed by atoms with Gasteiger partial charge in [0, 0.05) is 11.1 Å². The van der Waals surface area contributed by atoms with Crippen LogP contribution in [0.15, 0.2) is 168 Å². The fraction of sp³-hybridized carbons (Fsp3) is 0.0256. The molecule has 1 aliphatic rings. The molecule has 3 nitrogen and oxygen atoms in total. The van der Waals surface area contributed by atoms with Crippen molar-refractivity contribution in [1.29, 1.82) is 0 Å². The van der Waals surface area contributed by atoms with Gasteiger partial charge in [-0.2, -0.15) is 0 Å². The number of aliphatic imine (C=N–C) groups is 2. The normalized spacial score (nSPS) is 14.4. The molecule has 0 aliphatic carbocycles. The molecule has 0 radical (unpaired) electrons. The SMILES string of the molecule is ClC1N=C(c2cc(-c3ccccc3)cc(-c3ccccc3)c2)N=C(c2cc(-c3ccccc3)cc(-c3ccccc3)c2)N1. The standard InChI is InChI=1S/C39H28ClN3/c40-39-42-37(35-23-31(27-13-5-1-6-14-27)21-32(24-35)28-15-7-2-8-16-28)41-38(43-39)36-25-33(29-17-9-3-10-18-29)22-34(26-36)30-19-11-4-12-20-30/h1-26,39H,(H,41,42,43). The van der Waals surface area contributed by atoms with Gasteiger partial charge in [-0.3, -0.25) is 0 Å². The van der Waals surface area contributed by atoms with Crippen LogP contribution in [-0.2, 0) is 0 Å². The molecular weight excluding hydrogens is 546 g/mol. The van der Waals surface area contributed by atoms with Crippen LogP contribution < -0.4 is 5.32 Å². The van der Waals surface area contributed by atoms with Crippen LogP contribution in [0.2, 0.25) is 0 Å². The number of hydrogen-bond donors (Lipinski definition) is 1. The molecule has 1 unspecified atom stereocenters. The first-order valence-corrected chi connectivity index (χ1v) is 14.7. The molecule has 7 rings (SSSR count). The Morgan fingerprint density at radius 1 is 0.395 bits per heavy atom. The Labute approximate surface area is 256 Å². The molecule has 0 saturated heterocycles. The van der Waals surface area contributed by atoms with Crippen LogP contribution in [0.5, 0.6) is 0 Å². The highest BCUT2D eigenvalue weighted by atomic mass is 35.5. The highest BCUT2D eigenvalue weighted by molar-refractivity contribution is 6.25. The van der Waals surface area contributed by atoms with E-state index in [2.05, 4.69) is 139 Å². The number of alkyl halides is 1. The van der Waals surface area contributed by atoms with Gasteiger partial charge in [0.15, 0.2) is 11.5 Å². The van der Waals surface area contributed by atoms with Crippen molar-refractivity contribution in [1.82, 2.24) is 5.32 Å². The van der Waals surface area contributed by atoms with Crippen molar-refractivity contribution in [2.24, 2.45) is 9.98 Å². The van der Waals surface area contributed by atoms with Crippen molar-refractivity contribution in [3.8, 4) is 44.5 Å². The molecule has 43 heavy (non-hydrogen) atoms. The topological polar surface area (TPSA) is 36.8 Å². The maximum absolute atomic E-state index is 6.75. The van der Waals surface area contributed by atoms with Gasteiger partial charge in [-0.25, -0.2) is 9.98 Å². The number of benzene rings is 6. The van der Waals surface area contributed by atoms with Crippen LogP contribution in [-0.4, -0.2) is 17.3 Å². The molecule has 4 heteroatoms. The van der Waals surface area contributed by atoms with E-state index in [1.165, 1.54) is 0 Å². The van der Waals surface area contributed by atoms with E-state index in [0.29, 0.717) is 11.7 Å². The average molecular weight is 574 g/mol. The number of nitrogens with zero attached hydrogens (tertiary/aromatic N) is 2. The van der Waals surface area contributed by atoms with Gasteiger partial charge in [-0.15, -0.1) is 0 Å². The van der Waals surface area contributed by atoms with E-state index in [-0.39, 0.29) is 0 Å². The van der Waals surface area contributed by atoms with Crippen molar-refractivity contribution in [3.63, 3.8) is 0 Å². The van der Waals surface area contributed by atoms with Gasteiger partial charge in [0.05, 0.1) is 0 Å². The van der Waals surface area contributed by atoms with Crippen LogP contribution in [0.25, 0.3) is 44.5 Å². The third kappa shape index (κ3) is 5.90. The molecule has 6 aromatic rings. The smallest absolute Gasteiger partial charge is 0.198 e. The second-order valence-electron chi connectivity index (χ2n) is 10.5. The van der Waals surface area contributed by atoms with E-state index < -0.39 is 5.62 Å². The number of halogens is 1. The largest absolute Gasteiger partial charge is 0.335 e. The Hall–Kier alpha value is -5.25. The van der Waals surface area contributed by atoms with Crippen LogP contribution in [0, 0.1) is 0 Å². The summed E-state index contributed by atoms with van der Waals surface area (Å²) in [6.45, 7) is 0. The summed E-state index contributed by atoms with van der Waals surface area (Å²) in [5, 5.41) is 3.31. The summed E-state index contributed by atoms with van der Waals surface area (Å²) in [5.41, 5.74) is 10.1. The van der Waals surface area contributed by atoms with E-state index in [1.54, 1.807) is 0 Å². The van der Waals surface area contributed by atoms with E-state index in [1.807, 2.05) is 24.3 Å². The van der Waals surface area contributed by atoms with Crippen LogP contribution in [0.1, 0.15) is 11.1 Å². The lowest BCUT2D eigenvalue weighted by atomic mass is 9.95. The number of nitrogens with one attached hydrogen (secondary N) is 1. The molecule has 0 amide bonds. The predicted molar refractivity (Wildman–Crippen MR) is 180 cm³/mol. The fourth-order valence-corrected chi connectivity index (χ4v) is 5.61. The minimum atomic E-state index is -0.663. The molecule has 1 N–H and O–H groups in total. The highest BCUT2D eigenvalue weighted by Crippen LogP contribution is 2.31. The molecule has 0 spiro atoms. The molecule has 0 aromatic heterocycles. The van der Waals surface area contributed by atoms with Gasteiger partial charge in [0.1, 0.15) is 5.84 Å². The number of rotatable bonds is 6. The van der Waals surface area contributed by atoms with Crippen molar-refractivity contribution >= 4 is 23.3 Å². The second kappa shape index (κ2) is 11.9. The van der Waals surface area contributed by atoms with Gasteiger partial charge in [0.2, 0.25) is 0 Å². The summed E-state index contributed by atoms with van der Waals surface area (Å²) in [5.74, 6) is 1.28. The maximum atomic E-state index is 6.75. The molecule has 6 aromatic carbocycles. The van der Waals surface area contributed by atoms with Gasteiger partial charge >= 0.3 is 0 Å². The predicted octanol–water partition coefficient (Wildman–Crippen LogP) is 9.67. The Morgan fingerprint density at radius 2 is 0.721 bits per heavy atom. The number of amidine groups is 2. The van der Waals surface area contributed by atoms with Gasteiger partial charge in [-0.05, 0) is 80.9 Å². The second-order valence-corrected chi connectivity index (χ2v) is 10.9. The zero-order chi connectivity index (χ0) is 29.0. The molecule has 0 bridgehead atoms. The summed E-state index contributed by atoms with van der Waals surface area (Å²) < 4.78 is 0.